The second-order valence-electron chi connectivity index (χ2n) is 5.49. The van der Waals surface area contributed by atoms with Crippen molar-refractivity contribution in [3.05, 3.63) is 34.6 Å². The minimum Gasteiger partial charge on any atom is -0.480 e. The third-order valence-electron chi connectivity index (χ3n) is 2.41. The fourth-order valence-electron chi connectivity index (χ4n) is 1.55. The van der Waals surface area contributed by atoms with Gasteiger partial charge in [0.15, 0.2) is 0 Å². The van der Waals surface area contributed by atoms with Crippen molar-refractivity contribution in [2.75, 3.05) is 0 Å². The molecule has 2 N–H and O–H groups in total. The molecule has 21 heavy (non-hydrogen) atoms. The highest BCUT2D eigenvalue weighted by molar-refractivity contribution is 6.30. The first-order valence-corrected chi connectivity index (χ1v) is 6.62. The minimum absolute atomic E-state index is 0.0503. The molecule has 0 heterocycles. The molecule has 0 radical (unpaired) electrons. The van der Waals surface area contributed by atoms with E-state index in [9.17, 15) is 14.0 Å². The number of carbonyl (C=O) groups excluding carboxylic acids is 1. The van der Waals surface area contributed by atoms with E-state index in [4.69, 9.17) is 21.4 Å². The highest BCUT2D eigenvalue weighted by Crippen LogP contribution is 2.17. The highest BCUT2D eigenvalue weighted by atomic mass is 35.5. The van der Waals surface area contributed by atoms with Crippen LogP contribution in [0.3, 0.4) is 0 Å². The van der Waals surface area contributed by atoms with Crippen molar-refractivity contribution in [1.82, 2.24) is 5.32 Å². The number of benzene rings is 1. The lowest BCUT2D eigenvalue weighted by atomic mass is 10.1. The van der Waals surface area contributed by atoms with E-state index in [1.807, 2.05) is 0 Å². The zero-order valence-electron chi connectivity index (χ0n) is 11.9. The summed E-state index contributed by atoms with van der Waals surface area (Å²) in [5.74, 6) is -1.88. The molecule has 0 spiro atoms. The second kappa shape index (κ2) is 6.76. The number of rotatable bonds is 4. The molecule has 0 saturated carbocycles. The Morgan fingerprint density at radius 1 is 1.43 bits per heavy atom. The number of carbonyl (C=O) groups is 2. The molecule has 1 atom stereocenters. The van der Waals surface area contributed by atoms with Crippen LogP contribution in [0.2, 0.25) is 5.02 Å². The Hall–Kier alpha value is -1.82. The molecule has 116 valence electrons. The summed E-state index contributed by atoms with van der Waals surface area (Å²) in [6.07, 6.45) is -0.924. The molecule has 1 aromatic rings. The van der Waals surface area contributed by atoms with Crippen molar-refractivity contribution >= 4 is 23.7 Å². The van der Waals surface area contributed by atoms with Gasteiger partial charge in [-0.05, 0) is 38.5 Å². The van der Waals surface area contributed by atoms with Gasteiger partial charge < -0.3 is 15.2 Å². The smallest absolute Gasteiger partial charge is 0.408 e. The molecule has 0 fully saturated rings. The molecule has 1 aromatic carbocycles. The molecular weight excluding hydrogens is 301 g/mol. The molecule has 0 aliphatic carbocycles. The van der Waals surface area contributed by atoms with Crippen molar-refractivity contribution in [3.63, 3.8) is 0 Å². The molecule has 0 bridgehead atoms. The molecule has 0 saturated heterocycles. The van der Waals surface area contributed by atoms with E-state index in [0.29, 0.717) is 5.56 Å². The zero-order chi connectivity index (χ0) is 16.2. The largest absolute Gasteiger partial charge is 0.480 e. The lowest BCUT2D eigenvalue weighted by molar-refractivity contribution is -0.139. The molecule has 0 aromatic heterocycles. The summed E-state index contributed by atoms with van der Waals surface area (Å²) in [6.45, 7) is 4.99. The lowest BCUT2D eigenvalue weighted by Gasteiger charge is -2.22. The molecular formula is C14H17ClFNO4. The van der Waals surface area contributed by atoms with Crippen LogP contribution >= 0.6 is 11.6 Å². The summed E-state index contributed by atoms with van der Waals surface area (Å²) >= 11 is 5.56. The van der Waals surface area contributed by atoms with Crippen LogP contribution in [0.15, 0.2) is 18.2 Å². The maximum Gasteiger partial charge on any atom is 0.408 e. The quantitative estimate of drug-likeness (QED) is 0.895. The Morgan fingerprint density at radius 3 is 2.52 bits per heavy atom. The number of carboxylic acids is 1. The second-order valence-corrected chi connectivity index (χ2v) is 5.90. The molecule has 1 rings (SSSR count). The summed E-state index contributed by atoms with van der Waals surface area (Å²) in [6, 6.07) is 2.74. The number of nitrogens with one attached hydrogen (secondary N) is 1. The molecule has 1 amide bonds. The van der Waals surface area contributed by atoms with Crippen molar-refractivity contribution in [2.45, 2.75) is 38.8 Å². The van der Waals surface area contributed by atoms with E-state index in [0.717, 1.165) is 6.07 Å². The van der Waals surface area contributed by atoms with Crippen LogP contribution in [0, 0.1) is 5.82 Å². The molecule has 1 unspecified atom stereocenters. The lowest BCUT2D eigenvalue weighted by Crippen LogP contribution is -2.44. The van der Waals surface area contributed by atoms with Gasteiger partial charge in [-0.15, -0.1) is 0 Å². The Balaban J connectivity index is 2.76. The summed E-state index contributed by atoms with van der Waals surface area (Å²) in [4.78, 5) is 22.8. The van der Waals surface area contributed by atoms with Gasteiger partial charge in [-0.3, -0.25) is 0 Å². The first-order valence-electron chi connectivity index (χ1n) is 6.25. The first kappa shape index (κ1) is 17.2. The van der Waals surface area contributed by atoms with Gasteiger partial charge >= 0.3 is 12.1 Å². The first-order chi connectivity index (χ1) is 9.58. The van der Waals surface area contributed by atoms with Gasteiger partial charge in [0.05, 0.1) is 5.02 Å². The maximum absolute atomic E-state index is 13.3. The van der Waals surface area contributed by atoms with Gasteiger partial charge in [0.25, 0.3) is 0 Å². The number of carboxylic acid groups (broad SMARTS) is 1. The van der Waals surface area contributed by atoms with Crippen LogP contribution in [0.25, 0.3) is 0 Å². The van der Waals surface area contributed by atoms with E-state index in [2.05, 4.69) is 5.32 Å². The number of aliphatic carboxylic acids is 1. The summed E-state index contributed by atoms with van der Waals surface area (Å²) in [5.41, 5.74) is -0.333. The van der Waals surface area contributed by atoms with Crippen LogP contribution in [0.4, 0.5) is 9.18 Å². The van der Waals surface area contributed by atoms with Gasteiger partial charge in [-0.1, -0.05) is 17.7 Å². The van der Waals surface area contributed by atoms with Crippen LogP contribution in [0.1, 0.15) is 26.3 Å². The normalized spacial score (nSPS) is 12.6. The molecule has 0 aliphatic rings. The number of ether oxygens (including phenoxy) is 1. The van der Waals surface area contributed by atoms with E-state index in [-0.39, 0.29) is 11.4 Å². The minimum atomic E-state index is -1.24. The fourth-order valence-corrected chi connectivity index (χ4v) is 1.67. The third kappa shape index (κ3) is 5.99. The Morgan fingerprint density at radius 2 is 2.05 bits per heavy atom. The third-order valence-corrected chi connectivity index (χ3v) is 2.72. The fraction of sp³-hybridized carbons (Fsp3) is 0.429. The van der Waals surface area contributed by atoms with Crippen molar-refractivity contribution < 1.29 is 23.8 Å². The standard InChI is InChI=1S/C14H17ClFNO4/c1-14(2,3)21-13(20)17-11(12(18)19)7-8-4-5-9(15)10(16)6-8/h4-6,11H,7H2,1-3H3,(H,17,20)(H,18,19). The summed E-state index contributed by atoms with van der Waals surface area (Å²) in [5, 5.41) is 11.3. The summed E-state index contributed by atoms with van der Waals surface area (Å²) < 4.78 is 18.3. The Bertz CT molecular complexity index is 542. The Kier molecular flexibility index (Phi) is 5.54. The van der Waals surface area contributed by atoms with Crippen LogP contribution < -0.4 is 5.32 Å². The van der Waals surface area contributed by atoms with Gasteiger partial charge in [-0.2, -0.15) is 0 Å². The van der Waals surface area contributed by atoms with E-state index < -0.39 is 29.5 Å². The van der Waals surface area contributed by atoms with Crippen molar-refractivity contribution in [1.29, 1.82) is 0 Å². The van der Waals surface area contributed by atoms with E-state index in [1.54, 1.807) is 20.8 Å². The SMILES string of the molecule is CC(C)(C)OC(=O)NC(Cc1ccc(Cl)c(F)c1)C(=O)O. The van der Waals surface area contributed by atoms with Gasteiger partial charge in [-0.25, -0.2) is 14.0 Å². The van der Waals surface area contributed by atoms with Gasteiger partial charge in [0.2, 0.25) is 0 Å². The summed E-state index contributed by atoms with van der Waals surface area (Å²) in [7, 11) is 0. The molecule has 7 heteroatoms. The number of halogens is 2. The topological polar surface area (TPSA) is 75.6 Å². The van der Waals surface area contributed by atoms with E-state index in [1.165, 1.54) is 12.1 Å². The molecule has 5 nitrogen and oxygen atoms in total. The van der Waals surface area contributed by atoms with E-state index >= 15 is 0 Å². The number of alkyl carbamates (subject to hydrolysis) is 1. The monoisotopic (exact) mass is 317 g/mol. The molecule has 0 aliphatic heterocycles. The average molecular weight is 318 g/mol. The van der Waals surface area contributed by atoms with Crippen LogP contribution in [-0.4, -0.2) is 28.8 Å². The maximum atomic E-state index is 13.3. The zero-order valence-corrected chi connectivity index (χ0v) is 12.7. The predicted molar refractivity (Wildman–Crippen MR) is 75.9 cm³/mol. The number of hydrogen-bond donors (Lipinski definition) is 2. The van der Waals surface area contributed by atoms with Crippen molar-refractivity contribution in [3.8, 4) is 0 Å². The number of hydrogen-bond acceptors (Lipinski definition) is 3. The van der Waals surface area contributed by atoms with Crippen LogP contribution in [0.5, 0.6) is 0 Å². The van der Waals surface area contributed by atoms with Crippen LogP contribution in [-0.2, 0) is 16.0 Å². The Labute approximate surface area is 127 Å². The van der Waals surface area contributed by atoms with Gasteiger partial charge in [0, 0.05) is 6.42 Å². The average Bonchev–Trinajstić information content (AvgIpc) is 2.30. The predicted octanol–water partition coefficient (Wildman–Crippen LogP) is 3.00. The van der Waals surface area contributed by atoms with Crippen molar-refractivity contribution in [2.24, 2.45) is 0 Å². The highest BCUT2D eigenvalue weighted by Gasteiger charge is 2.24. The van der Waals surface area contributed by atoms with Gasteiger partial charge in [0.1, 0.15) is 17.5 Å². The number of amides is 1.